The lowest BCUT2D eigenvalue weighted by Gasteiger charge is -2.13. The second-order valence-corrected chi connectivity index (χ2v) is 6.08. The number of halogens is 4. The van der Waals surface area contributed by atoms with Gasteiger partial charge in [-0.3, -0.25) is 4.79 Å². The van der Waals surface area contributed by atoms with E-state index in [1.165, 1.54) is 6.07 Å². The van der Waals surface area contributed by atoms with Gasteiger partial charge in [0.15, 0.2) is 6.61 Å². The average Bonchev–Trinajstić information content (AvgIpc) is 3.00. The fourth-order valence-electron chi connectivity index (χ4n) is 2.48. The largest absolute Gasteiger partial charge is 0.488 e. The predicted octanol–water partition coefficient (Wildman–Crippen LogP) is 3.41. The van der Waals surface area contributed by atoms with Crippen molar-refractivity contribution in [2.75, 3.05) is 13.2 Å². The first kappa shape index (κ1) is 18.3. The number of rotatable bonds is 5. The first-order valence-electron chi connectivity index (χ1n) is 7.70. The summed E-state index contributed by atoms with van der Waals surface area (Å²) < 4.78 is 46.7. The van der Waals surface area contributed by atoms with Crippen LogP contribution in [0.3, 0.4) is 0 Å². The first-order chi connectivity index (χ1) is 12.3. The van der Waals surface area contributed by atoms with Crippen molar-refractivity contribution in [2.24, 2.45) is 0 Å². The third kappa shape index (κ3) is 4.57. The molecule has 1 aromatic heterocycles. The molecule has 1 aromatic carbocycles. The molecule has 0 saturated heterocycles. The lowest BCUT2D eigenvalue weighted by Crippen LogP contribution is -2.34. The van der Waals surface area contributed by atoms with Gasteiger partial charge in [0.25, 0.3) is 5.91 Å². The van der Waals surface area contributed by atoms with E-state index in [9.17, 15) is 18.0 Å². The highest BCUT2D eigenvalue weighted by Crippen LogP contribution is 2.28. The number of fused-ring (bicyclic) bond motifs is 1. The van der Waals surface area contributed by atoms with Crippen LogP contribution in [0.1, 0.15) is 15.9 Å². The molecular formula is C17H14ClF3N2O3. The molecule has 0 spiro atoms. The van der Waals surface area contributed by atoms with Crippen LogP contribution in [-0.2, 0) is 6.42 Å². The number of hydrogen-bond acceptors (Lipinski definition) is 4. The molecule has 1 unspecified atom stereocenters. The molecule has 26 heavy (non-hydrogen) atoms. The second kappa shape index (κ2) is 7.41. The number of alkyl halides is 3. The van der Waals surface area contributed by atoms with Crippen molar-refractivity contribution < 1.29 is 27.4 Å². The molecule has 138 valence electrons. The number of benzene rings is 1. The number of para-hydroxylation sites is 1. The molecule has 0 saturated carbocycles. The molecule has 5 nitrogen and oxygen atoms in total. The van der Waals surface area contributed by atoms with Crippen molar-refractivity contribution in [3.8, 4) is 11.6 Å². The zero-order valence-electron chi connectivity index (χ0n) is 13.3. The number of nitrogens with zero attached hydrogens (tertiary/aromatic N) is 1. The predicted molar refractivity (Wildman–Crippen MR) is 87.7 cm³/mol. The maximum Gasteiger partial charge on any atom is 0.422 e. The average molecular weight is 387 g/mol. The Morgan fingerprint density at radius 3 is 2.85 bits per heavy atom. The van der Waals surface area contributed by atoms with Crippen molar-refractivity contribution in [1.82, 2.24) is 10.3 Å². The van der Waals surface area contributed by atoms with E-state index in [1.54, 1.807) is 0 Å². The molecule has 1 atom stereocenters. The highest BCUT2D eigenvalue weighted by atomic mass is 35.5. The number of aromatic nitrogens is 1. The monoisotopic (exact) mass is 386 g/mol. The number of carbonyl (C=O) groups excluding carboxylic acids is 1. The molecule has 1 aliphatic rings. The number of hydrogen-bond donors (Lipinski definition) is 1. The molecule has 3 rings (SSSR count). The Labute approximate surface area is 152 Å². The maximum atomic E-state index is 12.2. The highest BCUT2D eigenvalue weighted by molar-refractivity contribution is 6.32. The summed E-state index contributed by atoms with van der Waals surface area (Å²) in [5.74, 6) is -0.0425. The third-order valence-electron chi connectivity index (χ3n) is 3.65. The summed E-state index contributed by atoms with van der Waals surface area (Å²) in [6.07, 6.45) is -2.90. The fraction of sp³-hybridized carbons (Fsp3) is 0.294. The van der Waals surface area contributed by atoms with Crippen LogP contribution in [0.2, 0.25) is 5.02 Å². The van der Waals surface area contributed by atoms with Crippen molar-refractivity contribution in [3.05, 3.63) is 52.7 Å². The van der Waals surface area contributed by atoms with Crippen LogP contribution in [0, 0.1) is 0 Å². The summed E-state index contributed by atoms with van der Waals surface area (Å²) in [4.78, 5) is 15.8. The Bertz CT molecular complexity index is 789. The van der Waals surface area contributed by atoms with Gasteiger partial charge >= 0.3 is 6.18 Å². The molecule has 1 amide bonds. The Kier molecular flexibility index (Phi) is 5.22. The molecule has 0 radical (unpaired) electrons. The minimum Gasteiger partial charge on any atom is -0.488 e. The minimum atomic E-state index is -4.50. The third-order valence-corrected chi connectivity index (χ3v) is 3.92. The summed E-state index contributed by atoms with van der Waals surface area (Å²) in [6.45, 7) is -1.23. The molecule has 2 aromatic rings. The Morgan fingerprint density at radius 1 is 1.38 bits per heavy atom. The lowest BCUT2D eigenvalue weighted by atomic mass is 10.1. The van der Waals surface area contributed by atoms with Gasteiger partial charge in [-0.2, -0.15) is 13.2 Å². The number of ether oxygens (including phenoxy) is 2. The molecule has 0 fully saturated rings. The summed E-state index contributed by atoms with van der Waals surface area (Å²) in [7, 11) is 0. The molecular weight excluding hydrogens is 373 g/mol. The van der Waals surface area contributed by atoms with E-state index >= 15 is 0 Å². The number of nitrogens with one attached hydrogen (secondary N) is 1. The molecule has 1 aliphatic heterocycles. The minimum absolute atomic E-state index is 0.116. The van der Waals surface area contributed by atoms with Crippen LogP contribution in [0.25, 0.3) is 0 Å². The van der Waals surface area contributed by atoms with Gasteiger partial charge in [0.2, 0.25) is 5.88 Å². The van der Waals surface area contributed by atoms with Crippen molar-refractivity contribution in [1.29, 1.82) is 0 Å². The number of carbonyl (C=O) groups is 1. The van der Waals surface area contributed by atoms with Crippen LogP contribution >= 0.6 is 11.6 Å². The fourth-order valence-corrected chi connectivity index (χ4v) is 2.70. The van der Waals surface area contributed by atoms with E-state index in [4.69, 9.17) is 16.3 Å². The van der Waals surface area contributed by atoms with Gasteiger partial charge in [-0.25, -0.2) is 4.98 Å². The van der Waals surface area contributed by atoms with Gasteiger partial charge in [-0.15, -0.1) is 0 Å². The SMILES string of the molecule is O=C(NCC1Cc2ccccc2O1)c1cnc(OCC(F)(F)F)c(Cl)c1. The Hall–Kier alpha value is -2.48. The highest BCUT2D eigenvalue weighted by Gasteiger charge is 2.29. The molecule has 0 aliphatic carbocycles. The summed E-state index contributed by atoms with van der Waals surface area (Å²) in [5, 5.41) is 2.52. The van der Waals surface area contributed by atoms with Crippen molar-refractivity contribution in [3.63, 3.8) is 0 Å². The van der Waals surface area contributed by atoms with Gasteiger partial charge < -0.3 is 14.8 Å². The molecule has 9 heteroatoms. The van der Waals surface area contributed by atoms with Crippen molar-refractivity contribution in [2.45, 2.75) is 18.7 Å². The standard InChI is InChI=1S/C17H14ClF3N2O3/c18-13-6-11(7-23-16(13)25-9-17(19,20)21)15(24)22-8-12-5-10-3-1-2-4-14(10)26-12/h1-4,6-7,12H,5,8-9H2,(H,22,24). The second-order valence-electron chi connectivity index (χ2n) is 5.68. The Morgan fingerprint density at radius 2 is 2.15 bits per heavy atom. The van der Waals surface area contributed by atoms with Crippen LogP contribution in [-0.4, -0.2) is 36.3 Å². The zero-order chi connectivity index (χ0) is 18.7. The van der Waals surface area contributed by atoms with Gasteiger partial charge in [-0.1, -0.05) is 29.8 Å². The first-order valence-corrected chi connectivity index (χ1v) is 8.07. The van der Waals surface area contributed by atoms with Crippen LogP contribution in [0.5, 0.6) is 11.6 Å². The van der Waals surface area contributed by atoms with Gasteiger partial charge in [0.1, 0.15) is 16.9 Å². The van der Waals surface area contributed by atoms with E-state index in [0.29, 0.717) is 6.42 Å². The van der Waals surface area contributed by atoms with Crippen LogP contribution in [0.4, 0.5) is 13.2 Å². The quantitative estimate of drug-likeness (QED) is 0.855. The van der Waals surface area contributed by atoms with Gasteiger partial charge in [-0.05, 0) is 17.7 Å². The normalized spacial score (nSPS) is 15.9. The van der Waals surface area contributed by atoms with Gasteiger partial charge in [0.05, 0.1) is 12.1 Å². The summed E-state index contributed by atoms with van der Waals surface area (Å²) in [5.41, 5.74) is 1.19. The Balaban J connectivity index is 1.54. The topological polar surface area (TPSA) is 60.5 Å². The number of pyridine rings is 1. The summed E-state index contributed by atoms with van der Waals surface area (Å²) >= 11 is 5.83. The van der Waals surface area contributed by atoms with E-state index in [0.717, 1.165) is 17.5 Å². The molecule has 1 N–H and O–H groups in total. The summed E-state index contributed by atoms with van der Waals surface area (Å²) in [6, 6.07) is 8.82. The van der Waals surface area contributed by atoms with E-state index in [-0.39, 0.29) is 29.1 Å². The van der Waals surface area contributed by atoms with Crippen LogP contribution < -0.4 is 14.8 Å². The van der Waals surface area contributed by atoms with Crippen LogP contribution in [0.15, 0.2) is 36.5 Å². The van der Waals surface area contributed by atoms with Crippen molar-refractivity contribution >= 4 is 17.5 Å². The van der Waals surface area contributed by atoms with E-state index < -0.39 is 18.7 Å². The van der Waals surface area contributed by atoms with Gasteiger partial charge in [0, 0.05) is 12.6 Å². The number of amides is 1. The smallest absolute Gasteiger partial charge is 0.422 e. The van der Waals surface area contributed by atoms with E-state index in [2.05, 4.69) is 15.0 Å². The molecule has 2 heterocycles. The maximum absolute atomic E-state index is 12.2. The zero-order valence-corrected chi connectivity index (χ0v) is 14.1. The molecule has 0 bridgehead atoms. The van der Waals surface area contributed by atoms with E-state index in [1.807, 2.05) is 24.3 Å². The lowest BCUT2D eigenvalue weighted by molar-refractivity contribution is -0.154.